The molecule has 2 fully saturated rings. The van der Waals surface area contributed by atoms with Gasteiger partial charge in [0.1, 0.15) is 5.82 Å². The van der Waals surface area contributed by atoms with E-state index in [4.69, 9.17) is 0 Å². The number of halogens is 2. The predicted molar refractivity (Wildman–Crippen MR) is 75.3 cm³/mol. The third-order valence-corrected chi connectivity index (χ3v) is 5.24. The molecular weight excluding hydrogens is 293 g/mol. The van der Waals surface area contributed by atoms with Gasteiger partial charge < -0.3 is 0 Å². The summed E-state index contributed by atoms with van der Waals surface area (Å²) in [4.78, 5) is 2.64. The molecule has 1 aromatic carbocycles. The van der Waals surface area contributed by atoms with E-state index in [0.717, 1.165) is 12.1 Å². The topological polar surface area (TPSA) is 3.24 Å². The molecule has 1 heterocycles. The van der Waals surface area contributed by atoms with Crippen molar-refractivity contribution in [2.75, 3.05) is 6.54 Å². The molecule has 3 heteroatoms. The lowest BCUT2D eigenvalue weighted by Crippen LogP contribution is -2.45. The van der Waals surface area contributed by atoms with Crippen LogP contribution in [0, 0.1) is 5.82 Å². The van der Waals surface area contributed by atoms with Gasteiger partial charge in [0.25, 0.3) is 0 Å². The van der Waals surface area contributed by atoms with Crippen molar-refractivity contribution >= 4 is 15.9 Å². The minimum absolute atomic E-state index is 0.134. The van der Waals surface area contributed by atoms with Crippen molar-refractivity contribution in [3.63, 3.8) is 0 Å². The first kappa shape index (κ1) is 12.6. The van der Waals surface area contributed by atoms with Crippen molar-refractivity contribution in [3.05, 3.63) is 34.1 Å². The minimum Gasteiger partial charge on any atom is -0.298 e. The molecule has 3 rings (SSSR count). The number of rotatable bonds is 2. The van der Waals surface area contributed by atoms with Gasteiger partial charge in [-0.2, -0.15) is 0 Å². The number of nitrogens with zero attached hydrogens (tertiary/aromatic N) is 1. The van der Waals surface area contributed by atoms with Gasteiger partial charge in [-0.3, -0.25) is 4.90 Å². The molecular formula is C15H19BrFN. The van der Waals surface area contributed by atoms with E-state index in [1.54, 1.807) is 6.07 Å². The van der Waals surface area contributed by atoms with Crippen molar-refractivity contribution in [2.45, 2.75) is 50.6 Å². The number of hydrogen-bond donors (Lipinski definition) is 0. The van der Waals surface area contributed by atoms with Gasteiger partial charge in [-0.1, -0.05) is 6.07 Å². The fourth-order valence-corrected chi connectivity index (χ4v) is 3.64. The van der Waals surface area contributed by atoms with Crippen LogP contribution in [0.4, 0.5) is 4.39 Å². The second-order valence-electron chi connectivity index (χ2n) is 5.72. The van der Waals surface area contributed by atoms with E-state index >= 15 is 0 Å². The summed E-state index contributed by atoms with van der Waals surface area (Å²) in [5.41, 5.74) is 1.17. The Morgan fingerprint density at radius 1 is 1.33 bits per heavy atom. The van der Waals surface area contributed by atoms with Gasteiger partial charge in [-0.25, -0.2) is 4.39 Å². The predicted octanol–water partition coefficient (Wildman–Crippen LogP) is 4.32. The Hall–Kier alpha value is -0.410. The van der Waals surface area contributed by atoms with Crippen molar-refractivity contribution < 1.29 is 4.39 Å². The van der Waals surface area contributed by atoms with Crippen LogP contribution >= 0.6 is 15.9 Å². The summed E-state index contributed by atoms with van der Waals surface area (Å²) < 4.78 is 14.1. The highest BCUT2D eigenvalue weighted by Crippen LogP contribution is 2.42. The molecule has 0 spiro atoms. The first-order valence-corrected chi connectivity index (χ1v) is 7.65. The van der Waals surface area contributed by atoms with Gasteiger partial charge in [0.15, 0.2) is 0 Å². The van der Waals surface area contributed by atoms with Crippen LogP contribution in [0.15, 0.2) is 22.7 Å². The zero-order valence-electron chi connectivity index (χ0n) is 10.7. The molecule has 0 radical (unpaired) electrons. The Morgan fingerprint density at radius 2 is 2.11 bits per heavy atom. The highest BCUT2D eigenvalue weighted by atomic mass is 79.9. The number of benzene rings is 1. The van der Waals surface area contributed by atoms with Crippen molar-refractivity contribution in [1.82, 2.24) is 4.90 Å². The van der Waals surface area contributed by atoms with E-state index in [-0.39, 0.29) is 5.82 Å². The number of hydrogen-bond acceptors (Lipinski definition) is 1. The van der Waals surface area contributed by atoms with Crippen LogP contribution in [0.3, 0.4) is 0 Å². The van der Waals surface area contributed by atoms with Crippen LogP contribution < -0.4 is 0 Å². The third-order valence-electron chi connectivity index (χ3n) is 4.60. The van der Waals surface area contributed by atoms with Gasteiger partial charge in [-0.05, 0) is 78.7 Å². The monoisotopic (exact) mass is 311 g/mol. The lowest BCUT2D eigenvalue weighted by molar-refractivity contribution is 0.103. The minimum atomic E-state index is -0.134. The SMILES string of the molecule is C[C@@H]1CCCN1C1CC(c2ccc(Br)c(F)c2)C1. The maximum absolute atomic E-state index is 13.5. The fourth-order valence-electron chi connectivity index (χ4n) is 3.40. The van der Waals surface area contributed by atoms with Crippen LogP contribution in [-0.4, -0.2) is 23.5 Å². The smallest absolute Gasteiger partial charge is 0.137 e. The molecule has 2 aliphatic rings. The molecule has 1 aliphatic heterocycles. The second-order valence-corrected chi connectivity index (χ2v) is 6.58. The summed E-state index contributed by atoms with van der Waals surface area (Å²) in [7, 11) is 0. The molecule has 1 saturated carbocycles. The second kappa shape index (κ2) is 4.93. The Bertz CT molecular complexity index is 442. The van der Waals surface area contributed by atoms with Gasteiger partial charge in [-0.15, -0.1) is 0 Å². The summed E-state index contributed by atoms with van der Waals surface area (Å²) in [6.07, 6.45) is 5.08. The fraction of sp³-hybridized carbons (Fsp3) is 0.600. The summed E-state index contributed by atoms with van der Waals surface area (Å²) in [5.74, 6) is 0.427. The quantitative estimate of drug-likeness (QED) is 0.786. The maximum atomic E-state index is 13.5. The van der Waals surface area contributed by atoms with Gasteiger partial charge in [0.05, 0.1) is 4.47 Å². The highest BCUT2D eigenvalue weighted by Gasteiger charge is 2.38. The van der Waals surface area contributed by atoms with Gasteiger partial charge in [0, 0.05) is 12.1 Å². The molecule has 0 unspecified atom stereocenters. The summed E-state index contributed by atoms with van der Waals surface area (Å²) >= 11 is 3.21. The van der Waals surface area contributed by atoms with E-state index in [1.807, 2.05) is 6.07 Å². The molecule has 0 aromatic heterocycles. The van der Waals surface area contributed by atoms with Crippen molar-refractivity contribution in [1.29, 1.82) is 0 Å². The first-order valence-electron chi connectivity index (χ1n) is 6.86. The Kier molecular flexibility index (Phi) is 3.46. The summed E-state index contributed by atoms with van der Waals surface area (Å²) in [5, 5.41) is 0. The molecule has 0 bridgehead atoms. The van der Waals surface area contributed by atoms with Crippen LogP contribution in [0.1, 0.15) is 44.1 Å². The lowest BCUT2D eigenvalue weighted by atomic mass is 9.75. The molecule has 0 amide bonds. The van der Waals surface area contributed by atoms with Crippen LogP contribution in [0.5, 0.6) is 0 Å². The summed E-state index contributed by atoms with van der Waals surface area (Å²) in [6.45, 7) is 3.59. The largest absolute Gasteiger partial charge is 0.298 e. The average molecular weight is 312 g/mol. The van der Waals surface area contributed by atoms with E-state index in [1.165, 1.54) is 37.8 Å². The lowest BCUT2D eigenvalue weighted by Gasteiger charge is -2.43. The first-order chi connectivity index (χ1) is 8.65. The molecule has 18 heavy (non-hydrogen) atoms. The Morgan fingerprint density at radius 3 is 2.72 bits per heavy atom. The summed E-state index contributed by atoms with van der Waals surface area (Å²) in [6, 6.07) is 7.06. The van der Waals surface area contributed by atoms with Crippen LogP contribution in [0.2, 0.25) is 0 Å². The van der Waals surface area contributed by atoms with E-state index in [2.05, 4.69) is 33.8 Å². The molecule has 98 valence electrons. The standard InChI is InChI=1S/C15H19BrFN/c1-10-3-2-6-18(10)13-7-12(8-13)11-4-5-14(16)15(17)9-11/h4-5,9-10,12-13H,2-3,6-8H2,1H3/t10-,12?,13?/m1/s1. The van der Waals surface area contributed by atoms with Crippen molar-refractivity contribution in [2.24, 2.45) is 0 Å². The zero-order valence-corrected chi connectivity index (χ0v) is 12.3. The van der Waals surface area contributed by atoms with E-state index in [9.17, 15) is 4.39 Å². The molecule has 1 atom stereocenters. The van der Waals surface area contributed by atoms with E-state index in [0.29, 0.717) is 10.4 Å². The van der Waals surface area contributed by atoms with Crippen molar-refractivity contribution in [3.8, 4) is 0 Å². The molecule has 1 aromatic rings. The molecule has 1 aliphatic carbocycles. The molecule has 1 saturated heterocycles. The third kappa shape index (κ3) is 2.23. The van der Waals surface area contributed by atoms with E-state index < -0.39 is 0 Å². The molecule has 1 nitrogen and oxygen atoms in total. The van der Waals surface area contributed by atoms with Crippen LogP contribution in [0.25, 0.3) is 0 Å². The Balaban J connectivity index is 1.63. The Labute approximate surface area is 116 Å². The maximum Gasteiger partial charge on any atom is 0.137 e. The highest BCUT2D eigenvalue weighted by molar-refractivity contribution is 9.10. The van der Waals surface area contributed by atoms with Gasteiger partial charge in [0.2, 0.25) is 0 Å². The normalized spacial score (nSPS) is 32.5. The van der Waals surface area contributed by atoms with Crippen LogP contribution in [-0.2, 0) is 0 Å². The average Bonchev–Trinajstić information content (AvgIpc) is 2.68. The zero-order chi connectivity index (χ0) is 12.7. The molecule has 0 N–H and O–H groups in total. The number of likely N-dealkylation sites (tertiary alicyclic amines) is 1. The van der Waals surface area contributed by atoms with Gasteiger partial charge >= 0.3 is 0 Å².